The Morgan fingerprint density at radius 3 is 1.95 bits per heavy atom. The molecule has 5 aromatic rings. The summed E-state index contributed by atoms with van der Waals surface area (Å²) in [6.45, 7) is 6.50. The van der Waals surface area contributed by atoms with Crippen LogP contribution in [0.2, 0.25) is 0 Å². The number of hydrogen-bond donors (Lipinski definition) is 4. The SMILES string of the molecule is COC(=O)NC1CCc2cccc3c2N(C1=O)C(c1ncc(-c2ccc(-c4ccc(-c5cnc(C6CC(C)CN6C(=O)C(NC(=O)OC)C(C)C)[nH]5)cc4)cc2)[nH]1)C3. The fourth-order valence-electron chi connectivity index (χ4n) is 8.60. The number of H-pyrrole nitrogens is 2. The van der Waals surface area contributed by atoms with Crippen LogP contribution in [0, 0.1) is 11.8 Å². The number of imidazole rings is 2. The van der Waals surface area contributed by atoms with Crippen molar-refractivity contribution in [3.05, 3.63) is 102 Å². The van der Waals surface area contributed by atoms with Gasteiger partial charge in [0, 0.05) is 13.0 Å². The lowest BCUT2D eigenvalue weighted by atomic mass is 10.0. The normalized spacial score (nSPS) is 20.4. The van der Waals surface area contributed by atoms with Crippen LogP contribution >= 0.6 is 0 Å². The molecule has 0 aliphatic carbocycles. The van der Waals surface area contributed by atoms with Crippen LogP contribution in [0.3, 0.4) is 0 Å². The molecular formula is C44H48N8O6. The molecule has 300 valence electrons. The van der Waals surface area contributed by atoms with Crippen molar-refractivity contribution in [3.63, 3.8) is 0 Å². The van der Waals surface area contributed by atoms with Gasteiger partial charge in [0.1, 0.15) is 23.7 Å². The summed E-state index contributed by atoms with van der Waals surface area (Å²) in [5.74, 6) is 1.24. The minimum Gasteiger partial charge on any atom is -0.453 e. The van der Waals surface area contributed by atoms with Crippen molar-refractivity contribution in [1.82, 2.24) is 35.5 Å². The van der Waals surface area contributed by atoms with E-state index in [1.165, 1.54) is 14.2 Å². The molecule has 14 nitrogen and oxygen atoms in total. The second-order valence-electron chi connectivity index (χ2n) is 15.8. The van der Waals surface area contributed by atoms with Gasteiger partial charge in [0.2, 0.25) is 11.8 Å². The largest absolute Gasteiger partial charge is 0.453 e. The summed E-state index contributed by atoms with van der Waals surface area (Å²) in [4.78, 5) is 71.8. The Hall–Kier alpha value is -6.44. The number of rotatable bonds is 9. The second kappa shape index (κ2) is 15.8. The van der Waals surface area contributed by atoms with Gasteiger partial charge in [-0.1, -0.05) is 87.5 Å². The third-order valence-corrected chi connectivity index (χ3v) is 11.6. The molecule has 58 heavy (non-hydrogen) atoms. The van der Waals surface area contributed by atoms with Crippen LogP contribution in [-0.2, 0) is 31.9 Å². The molecule has 5 atom stereocenters. The van der Waals surface area contributed by atoms with Crippen LogP contribution in [0.1, 0.15) is 68.5 Å². The van der Waals surface area contributed by atoms with Gasteiger partial charge in [-0.3, -0.25) is 14.5 Å². The zero-order valence-corrected chi connectivity index (χ0v) is 33.2. The van der Waals surface area contributed by atoms with E-state index in [4.69, 9.17) is 19.4 Å². The van der Waals surface area contributed by atoms with Crippen LogP contribution in [0.4, 0.5) is 15.3 Å². The molecule has 1 fully saturated rings. The number of nitrogens with one attached hydrogen (secondary N) is 4. The summed E-state index contributed by atoms with van der Waals surface area (Å²) >= 11 is 0. The Labute approximate surface area is 336 Å². The predicted molar refractivity (Wildman–Crippen MR) is 217 cm³/mol. The van der Waals surface area contributed by atoms with Gasteiger partial charge in [0.25, 0.3) is 0 Å². The molecule has 3 aliphatic heterocycles. The van der Waals surface area contributed by atoms with E-state index in [9.17, 15) is 19.2 Å². The lowest BCUT2D eigenvalue weighted by molar-refractivity contribution is -0.135. The van der Waals surface area contributed by atoms with E-state index in [0.717, 1.165) is 62.7 Å². The van der Waals surface area contributed by atoms with E-state index in [1.54, 1.807) is 17.3 Å². The molecule has 3 aromatic carbocycles. The Morgan fingerprint density at radius 1 is 0.793 bits per heavy atom. The number of aromatic amines is 2. The van der Waals surface area contributed by atoms with E-state index in [2.05, 4.69) is 82.1 Å². The van der Waals surface area contributed by atoms with E-state index < -0.39 is 24.3 Å². The molecule has 3 aliphatic rings. The summed E-state index contributed by atoms with van der Waals surface area (Å²) in [5, 5.41) is 5.44. The first-order chi connectivity index (χ1) is 28.0. The summed E-state index contributed by atoms with van der Waals surface area (Å²) < 4.78 is 9.59. The number of nitrogens with zero attached hydrogens (tertiary/aromatic N) is 4. The number of alkyl carbamates (subject to hydrolysis) is 2. The van der Waals surface area contributed by atoms with Gasteiger partial charge in [0.15, 0.2) is 0 Å². The molecule has 4 N–H and O–H groups in total. The summed E-state index contributed by atoms with van der Waals surface area (Å²) in [6, 6.07) is 20.7. The topological polar surface area (TPSA) is 175 Å². The van der Waals surface area contributed by atoms with E-state index in [0.29, 0.717) is 31.6 Å². The van der Waals surface area contributed by atoms with Crippen molar-refractivity contribution in [3.8, 4) is 33.6 Å². The second-order valence-corrected chi connectivity index (χ2v) is 15.8. The molecule has 0 saturated carbocycles. The number of amides is 4. The third-order valence-electron chi connectivity index (χ3n) is 11.6. The number of likely N-dealkylation sites (tertiary alicyclic amines) is 1. The van der Waals surface area contributed by atoms with Crippen molar-refractivity contribution >= 4 is 29.7 Å². The van der Waals surface area contributed by atoms with Gasteiger partial charge >= 0.3 is 12.2 Å². The molecular weight excluding hydrogens is 737 g/mol. The van der Waals surface area contributed by atoms with Crippen LogP contribution in [-0.4, -0.2) is 81.7 Å². The number of aryl methyl sites for hydroxylation is 1. The van der Waals surface area contributed by atoms with Gasteiger partial charge in [-0.05, 0) is 64.5 Å². The minimum absolute atomic E-state index is 0.116. The van der Waals surface area contributed by atoms with Gasteiger partial charge in [-0.2, -0.15) is 0 Å². The number of carbonyl (C=O) groups is 4. The number of anilines is 1. The Morgan fingerprint density at radius 2 is 1.36 bits per heavy atom. The fraction of sp³-hybridized carbons (Fsp3) is 0.364. The lowest BCUT2D eigenvalue weighted by Gasteiger charge is -2.30. The highest BCUT2D eigenvalue weighted by atomic mass is 16.5. The molecule has 0 bridgehead atoms. The standard InChI is InChI=1S/C44H48N8O6/c1-24(2)37(50-44(56)58-5)42(54)51-23-25(3)19-35(51)39-45-21-33(47-39)28-13-9-26(10-14-28)27-11-15-29(16-12-27)34-22-46-40(48-34)36-20-31-8-6-7-30-17-18-32(49-43(55)57-4)41(53)52(36)38(30)31/h6-16,21-22,24-25,32,35-37H,17-20,23H2,1-5H3,(H,45,47)(H,46,48)(H,49,55)(H,50,56). The number of carbonyl (C=O) groups excluding carboxylic acids is 4. The molecule has 0 radical (unpaired) electrons. The Kier molecular flexibility index (Phi) is 10.5. The van der Waals surface area contributed by atoms with Crippen LogP contribution in [0.5, 0.6) is 0 Å². The highest BCUT2D eigenvalue weighted by molar-refractivity contribution is 6.02. The molecule has 5 unspecified atom stereocenters. The number of aromatic nitrogens is 4. The zero-order valence-electron chi connectivity index (χ0n) is 33.2. The zero-order chi connectivity index (χ0) is 40.7. The van der Waals surface area contributed by atoms with E-state index >= 15 is 0 Å². The number of hydrogen-bond acceptors (Lipinski definition) is 8. The molecule has 5 heterocycles. The smallest absolute Gasteiger partial charge is 0.407 e. The molecule has 0 spiro atoms. The maximum Gasteiger partial charge on any atom is 0.407 e. The summed E-state index contributed by atoms with van der Waals surface area (Å²) in [5.41, 5.74) is 8.81. The maximum atomic E-state index is 13.9. The molecule has 1 saturated heterocycles. The number of para-hydroxylation sites is 1. The summed E-state index contributed by atoms with van der Waals surface area (Å²) in [6.07, 6.45) is 4.88. The quantitative estimate of drug-likeness (QED) is 0.127. The first-order valence-electron chi connectivity index (χ1n) is 19.8. The average molecular weight is 785 g/mol. The predicted octanol–water partition coefficient (Wildman–Crippen LogP) is 6.73. The highest BCUT2D eigenvalue weighted by Crippen LogP contribution is 2.45. The van der Waals surface area contributed by atoms with Gasteiger partial charge in [-0.25, -0.2) is 19.6 Å². The van der Waals surface area contributed by atoms with Crippen molar-refractivity contribution in [2.75, 3.05) is 25.7 Å². The Bertz CT molecular complexity index is 2330. The fourth-order valence-corrected chi connectivity index (χ4v) is 8.60. The van der Waals surface area contributed by atoms with Gasteiger partial charge in [-0.15, -0.1) is 0 Å². The number of ether oxygens (including phenoxy) is 2. The first-order valence-corrected chi connectivity index (χ1v) is 19.8. The van der Waals surface area contributed by atoms with Crippen molar-refractivity contribution < 1.29 is 28.7 Å². The highest BCUT2D eigenvalue weighted by Gasteiger charge is 2.43. The van der Waals surface area contributed by atoms with Crippen LogP contribution in [0.15, 0.2) is 79.1 Å². The van der Waals surface area contributed by atoms with Crippen molar-refractivity contribution in [2.45, 2.75) is 70.6 Å². The van der Waals surface area contributed by atoms with Crippen molar-refractivity contribution in [1.29, 1.82) is 0 Å². The third kappa shape index (κ3) is 7.30. The first kappa shape index (κ1) is 38.4. The van der Waals surface area contributed by atoms with E-state index in [1.807, 2.05) is 30.9 Å². The average Bonchev–Trinajstić information content (AvgIpc) is 4.05. The van der Waals surface area contributed by atoms with Gasteiger partial charge in [0.05, 0.1) is 55.8 Å². The van der Waals surface area contributed by atoms with Crippen LogP contribution in [0.25, 0.3) is 33.6 Å². The minimum atomic E-state index is -0.702. The van der Waals surface area contributed by atoms with Crippen LogP contribution < -0.4 is 15.5 Å². The lowest BCUT2D eigenvalue weighted by Crippen LogP contribution is -2.51. The van der Waals surface area contributed by atoms with Gasteiger partial charge < -0.3 is 35.0 Å². The molecule has 14 heteroatoms. The molecule has 8 rings (SSSR count). The Balaban J connectivity index is 0.957. The van der Waals surface area contributed by atoms with E-state index in [-0.39, 0.29) is 35.7 Å². The molecule has 2 aromatic heterocycles. The summed E-state index contributed by atoms with van der Waals surface area (Å²) in [7, 11) is 2.59. The number of benzene rings is 3. The molecule has 4 amide bonds. The van der Waals surface area contributed by atoms with Crippen molar-refractivity contribution in [2.24, 2.45) is 11.8 Å². The monoisotopic (exact) mass is 784 g/mol. The number of methoxy groups -OCH3 is 2. The maximum absolute atomic E-state index is 13.9.